The molecule has 0 saturated carbocycles. The minimum Gasteiger partial charge on any atom is -0.542 e. The first kappa shape index (κ1) is 32.2. The van der Waals surface area contributed by atoms with Crippen LogP contribution in [0.3, 0.4) is 0 Å². The van der Waals surface area contributed by atoms with Gasteiger partial charge in [-0.05, 0) is 86.9 Å². The molecule has 5 aliphatic rings. The zero-order chi connectivity index (χ0) is 33.6. The Morgan fingerprint density at radius 2 is 1.58 bits per heavy atom. The molecule has 11 heteroatoms. The number of nitrogens with one attached hydrogen (secondary N) is 1. The Balaban J connectivity index is 0.000000473. The number of nitrogens with zero attached hydrogens (tertiary/aromatic N) is 2. The van der Waals surface area contributed by atoms with E-state index in [9.17, 15) is 18.0 Å². The number of benzene rings is 3. The Morgan fingerprint density at radius 3 is 2.29 bits per heavy atom. The van der Waals surface area contributed by atoms with E-state index >= 15 is 0 Å². The predicted molar refractivity (Wildman–Crippen MR) is 174 cm³/mol. The summed E-state index contributed by atoms with van der Waals surface area (Å²) in [5.41, 5.74) is 17.1. The van der Waals surface area contributed by atoms with Crippen molar-refractivity contribution in [1.29, 1.82) is 0 Å². The van der Waals surface area contributed by atoms with Gasteiger partial charge in [-0.2, -0.15) is 13.2 Å². The van der Waals surface area contributed by atoms with Gasteiger partial charge in [0.25, 0.3) is 5.91 Å². The molecular weight excluding hydrogens is 621 g/mol. The van der Waals surface area contributed by atoms with E-state index in [0.29, 0.717) is 18.7 Å². The van der Waals surface area contributed by atoms with Gasteiger partial charge in [0.1, 0.15) is 30.6 Å². The van der Waals surface area contributed by atoms with Gasteiger partial charge >= 0.3 is 6.18 Å². The van der Waals surface area contributed by atoms with Crippen molar-refractivity contribution in [3.8, 4) is 11.5 Å². The number of rotatable bonds is 5. The van der Waals surface area contributed by atoms with Crippen LogP contribution in [-0.2, 0) is 30.5 Å². The second-order valence-electron chi connectivity index (χ2n) is 13.1. The van der Waals surface area contributed by atoms with Crippen LogP contribution in [0.2, 0.25) is 0 Å². The van der Waals surface area contributed by atoms with Crippen molar-refractivity contribution in [3.05, 3.63) is 85.9 Å². The third-order valence-corrected chi connectivity index (χ3v) is 10.0. The smallest absolute Gasteiger partial charge is 0.430 e. The van der Waals surface area contributed by atoms with E-state index in [-0.39, 0.29) is 5.91 Å². The van der Waals surface area contributed by atoms with Crippen molar-refractivity contribution >= 4 is 23.1 Å². The maximum Gasteiger partial charge on any atom is 0.430 e. The van der Waals surface area contributed by atoms with Gasteiger partial charge in [0.05, 0.1) is 5.56 Å². The average molecular weight is 661 g/mol. The molecule has 3 aromatic carbocycles. The summed E-state index contributed by atoms with van der Waals surface area (Å²) in [5, 5.41) is 14.5. The van der Waals surface area contributed by atoms with Crippen molar-refractivity contribution in [2.75, 3.05) is 44.2 Å². The molecule has 0 radical (unpaired) electrons. The van der Waals surface area contributed by atoms with Crippen molar-refractivity contribution in [2.45, 2.75) is 64.0 Å². The number of fused-ring (bicyclic) bond motifs is 4. The number of hydrogen-bond acceptors (Lipinski definition) is 6. The first-order valence-electron chi connectivity index (χ1n) is 17.0. The number of aryl methyl sites for hydroxylation is 2. The van der Waals surface area contributed by atoms with Crippen molar-refractivity contribution in [2.24, 2.45) is 5.73 Å². The minimum absolute atomic E-state index is 0.0417. The topological polar surface area (TPSA) is 111 Å². The Hall–Kier alpha value is -4.38. The average Bonchev–Trinajstić information content (AvgIpc) is 3.08. The summed E-state index contributed by atoms with van der Waals surface area (Å²) in [7, 11) is 0. The lowest BCUT2D eigenvalue weighted by molar-refractivity contribution is -0.344. The highest BCUT2D eigenvalue weighted by Gasteiger charge is 2.35. The Bertz CT molecular complexity index is 1910. The molecule has 0 spiro atoms. The molecule has 0 atom stereocenters. The zero-order valence-corrected chi connectivity index (χ0v) is 26.8. The highest BCUT2D eigenvalue weighted by molar-refractivity contribution is 5.95. The predicted octanol–water partition coefficient (Wildman–Crippen LogP) is 2.50. The molecule has 0 aromatic heterocycles. The fraction of sp³-hybridized carbons (Fsp3) is 0.432. The van der Waals surface area contributed by atoms with Gasteiger partial charge in [-0.1, -0.05) is 12.1 Å². The molecule has 3 aromatic rings. The van der Waals surface area contributed by atoms with Crippen LogP contribution in [0.25, 0.3) is 5.57 Å². The highest BCUT2D eigenvalue weighted by Crippen LogP contribution is 2.48. The summed E-state index contributed by atoms with van der Waals surface area (Å²) in [6.07, 6.45) is 4.73. The monoisotopic (exact) mass is 660 g/mol. The van der Waals surface area contributed by atoms with Crippen LogP contribution >= 0.6 is 0 Å². The maximum absolute atomic E-state index is 12.8. The summed E-state index contributed by atoms with van der Waals surface area (Å²) < 4.78 is 41.3. The lowest BCUT2D eigenvalue weighted by Gasteiger charge is -2.39. The number of carbonyl (C=O) groups is 2. The van der Waals surface area contributed by atoms with E-state index in [2.05, 4.69) is 39.1 Å². The maximum atomic E-state index is 12.8. The van der Waals surface area contributed by atoms with Crippen molar-refractivity contribution in [3.63, 3.8) is 0 Å². The van der Waals surface area contributed by atoms with Crippen LogP contribution < -0.4 is 40.9 Å². The molecule has 0 fully saturated rings. The molecule has 0 aliphatic carbocycles. The molecule has 5 heterocycles. The first-order valence-corrected chi connectivity index (χ1v) is 17.0. The van der Waals surface area contributed by atoms with Gasteiger partial charge in [-0.3, -0.25) is 4.79 Å². The number of anilines is 1. The SMILES string of the molecule is NCCCNC(=O)c1ccc(C2=c3cc4c5c(c3Oc3c2cc2c6c3CCCN6CCC2)CCC[N+]=5CCC4)cc1.O=C([O-])C(F)(F)F. The number of nitrogens with two attached hydrogens (primary N) is 1. The molecule has 0 saturated heterocycles. The fourth-order valence-electron chi connectivity index (χ4n) is 8.02. The van der Waals surface area contributed by atoms with Crippen LogP contribution in [0.15, 0.2) is 36.4 Å². The quantitative estimate of drug-likeness (QED) is 0.252. The van der Waals surface area contributed by atoms with Gasteiger partial charge in [0.2, 0.25) is 5.36 Å². The summed E-state index contributed by atoms with van der Waals surface area (Å²) in [5.74, 6) is -0.899. The van der Waals surface area contributed by atoms with Gasteiger partial charge < -0.3 is 30.6 Å². The third kappa shape index (κ3) is 5.82. The lowest BCUT2D eigenvalue weighted by atomic mass is 9.82. The van der Waals surface area contributed by atoms with E-state index in [4.69, 9.17) is 20.4 Å². The molecule has 0 unspecified atom stereocenters. The van der Waals surface area contributed by atoms with Crippen LogP contribution in [0.4, 0.5) is 18.9 Å². The van der Waals surface area contributed by atoms with Crippen molar-refractivity contribution < 1.29 is 32.6 Å². The second-order valence-corrected chi connectivity index (χ2v) is 13.1. The molecule has 5 aliphatic heterocycles. The Kier molecular flexibility index (Phi) is 8.66. The number of carboxylic acid groups (broad SMARTS) is 1. The molecule has 0 bridgehead atoms. The van der Waals surface area contributed by atoms with E-state index < -0.39 is 12.1 Å². The van der Waals surface area contributed by atoms with Crippen LogP contribution in [0, 0.1) is 0 Å². The summed E-state index contributed by atoms with van der Waals surface area (Å²) in [4.78, 5) is 24.2. The zero-order valence-electron chi connectivity index (χ0n) is 26.8. The van der Waals surface area contributed by atoms with Crippen LogP contribution in [0.5, 0.6) is 11.5 Å². The van der Waals surface area contributed by atoms with Crippen molar-refractivity contribution in [1.82, 2.24) is 9.89 Å². The molecule has 252 valence electrons. The number of alkyl halides is 3. The van der Waals surface area contributed by atoms with Gasteiger partial charge in [-0.15, -0.1) is 0 Å². The molecule has 48 heavy (non-hydrogen) atoms. The van der Waals surface area contributed by atoms with E-state index in [1.165, 1.54) is 75.3 Å². The summed E-state index contributed by atoms with van der Waals surface area (Å²) in [6, 6.07) is 13.1. The number of amides is 1. The number of carboxylic acids is 1. The van der Waals surface area contributed by atoms with Gasteiger partial charge in [-0.25, -0.2) is 4.58 Å². The molecular formula is C37H39F3N4O4. The molecule has 8 rings (SSSR count). The van der Waals surface area contributed by atoms with E-state index in [1.807, 2.05) is 12.1 Å². The van der Waals surface area contributed by atoms with E-state index in [0.717, 1.165) is 75.3 Å². The first-order chi connectivity index (χ1) is 23.2. The Morgan fingerprint density at radius 1 is 0.917 bits per heavy atom. The number of hydrogen-bond donors (Lipinski definition) is 2. The molecule has 8 nitrogen and oxygen atoms in total. The van der Waals surface area contributed by atoms with Gasteiger partial charge in [0, 0.05) is 71.2 Å². The Labute approximate surface area is 276 Å². The normalized spacial score (nSPS) is 17.1. The van der Waals surface area contributed by atoms with E-state index in [1.54, 1.807) is 0 Å². The summed E-state index contributed by atoms with van der Waals surface area (Å²) >= 11 is 0. The number of halogens is 3. The fourth-order valence-corrected chi connectivity index (χ4v) is 8.02. The highest BCUT2D eigenvalue weighted by atomic mass is 19.4. The standard InChI is InChI=1S/C35H38N4O2.C2HF3O2/c36-14-5-15-37-35(40)23-12-10-22(11-13-23)30-28-20-24-6-1-16-38-18-3-8-26(31(24)38)33(28)41-34-27-9-4-19-39-17-2-7-25(32(27)39)21-29(30)34;3-2(4,5)1(6)7/h10-13,20-21H,1-9,14-19,36H2;(H,6,7). The number of carbonyl (C=O) groups excluding carboxylic acids is 2. The second kappa shape index (κ2) is 12.9. The summed E-state index contributed by atoms with van der Waals surface area (Å²) in [6.45, 7) is 5.76. The number of aliphatic carboxylic acids is 1. The minimum atomic E-state index is -5.19. The molecule has 3 N–H and O–H groups in total. The molecule has 1 amide bonds. The van der Waals surface area contributed by atoms with Gasteiger partial charge in [0.15, 0.2) is 0 Å². The lowest BCUT2D eigenvalue weighted by Crippen LogP contribution is -2.45. The largest absolute Gasteiger partial charge is 0.542 e. The third-order valence-electron chi connectivity index (χ3n) is 10.0. The van der Waals surface area contributed by atoms with Crippen LogP contribution in [-0.4, -0.2) is 57.3 Å². The number of ether oxygens (including phenoxy) is 1. The van der Waals surface area contributed by atoms with Crippen LogP contribution in [0.1, 0.15) is 75.8 Å².